The molecule has 3 heteroatoms. The van der Waals surface area contributed by atoms with Gasteiger partial charge in [0.1, 0.15) is 5.76 Å². The van der Waals surface area contributed by atoms with Gasteiger partial charge in [-0.3, -0.25) is 0 Å². The van der Waals surface area contributed by atoms with E-state index in [1.807, 2.05) is 0 Å². The van der Waals surface area contributed by atoms with E-state index >= 15 is 0 Å². The van der Waals surface area contributed by atoms with Crippen LogP contribution in [0.1, 0.15) is 17.7 Å². The van der Waals surface area contributed by atoms with Crippen LogP contribution < -0.4 is 0 Å². The van der Waals surface area contributed by atoms with Crippen LogP contribution >= 0.6 is 0 Å². The van der Waals surface area contributed by atoms with Gasteiger partial charge in [-0.15, -0.1) is 6.42 Å². The molecule has 0 aliphatic heterocycles. The van der Waals surface area contributed by atoms with Crippen LogP contribution in [-0.2, 0) is 0 Å². The van der Waals surface area contributed by atoms with Crippen LogP contribution in [0.3, 0.4) is 0 Å². The quantitative estimate of drug-likeness (QED) is 0.597. The minimum Gasteiger partial charge on any atom is -0.467 e. The minimum absolute atomic E-state index is 0.147. The molecule has 0 saturated heterocycles. The molecule has 0 unspecified atom stereocenters. The molecule has 0 amide bonds. The van der Waals surface area contributed by atoms with Crippen LogP contribution in [-0.4, -0.2) is 0 Å². The maximum Gasteiger partial charge on any atom is 0.266 e. The number of hydrogen-bond acceptors (Lipinski definition) is 1. The summed E-state index contributed by atoms with van der Waals surface area (Å²) in [6.07, 6.45) is 4.67. The smallest absolute Gasteiger partial charge is 0.266 e. The third-order valence-corrected chi connectivity index (χ3v) is 1.12. The Balaban J connectivity index is 2.75. The third-order valence-electron chi connectivity index (χ3n) is 1.12. The number of halogens is 2. The maximum absolute atomic E-state index is 11.9. The zero-order valence-electron chi connectivity index (χ0n) is 5.55. The van der Waals surface area contributed by atoms with Gasteiger partial charge in [0, 0.05) is 0 Å². The number of furan rings is 1. The highest BCUT2D eigenvalue weighted by molar-refractivity contribution is 5.26. The summed E-state index contributed by atoms with van der Waals surface area (Å²) in [4.78, 5) is 0. The summed E-state index contributed by atoms with van der Waals surface area (Å²) >= 11 is 0. The molecule has 1 aromatic rings. The highest BCUT2D eigenvalue weighted by Crippen LogP contribution is 2.21. The first-order valence-electron chi connectivity index (χ1n) is 2.90. The second kappa shape index (κ2) is 3.20. The Hall–Kier alpha value is -1.30. The fourth-order valence-corrected chi connectivity index (χ4v) is 0.641. The standard InChI is InChI=1S/C8H5F2O/c1-2-3-7-4-6(5-11-7)8(9)10/h1,3-5,8H. The van der Waals surface area contributed by atoms with Crippen LogP contribution in [0.15, 0.2) is 16.7 Å². The van der Waals surface area contributed by atoms with Crippen molar-refractivity contribution < 1.29 is 13.2 Å². The highest BCUT2D eigenvalue weighted by Gasteiger charge is 2.10. The van der Waals surface area contributed by atoms with Gasteiger partial charge in [0.05, 0.1) is 18.2 Å². The Morgan fingerprint density at radius 2 is 2.36 bits per heavy atom. The van der Waals surface area contributed by atoms with Crippen molar-refractivity contribution in [2.45, 2.75) is 6.43 Å². The van der Waals surface area contributed by atoms with Gasteiger partial charge in [-0.1, -0.05) is 5.92 Å². The molecule has 1 heterocycles. The summed E-state index contributed by atoms with van der Waals surface area (Å²) in [6, 6.07) is 1.21. The summed E-state index contributed by atoms with van der Waals surface area (Å²) in [7, 11) is 0. The van der Waals surface area contributed by atoms with E-state index in [1.165, 1.54) is 12.5 Å². The molecule has 0 atom stereocenters. The predicted molar refractivity (Wildman–Crippen MR) is 35.9 cm³/mol. The van der Waals surface area contributed by atoms with Crippen molar-refractivity contribution in [2.75, 3.05) is 0 Å². The first-order valence-corrected chi connectivity index (χ1v) is 2.90. The van der Waals surface area contributed by atoms with Crippen molar-refractivity contribution in [1.29, 1.82) is 0 Å². The van der Waals surface area contributed by atoms with Gasteiger partial charge in [-0.2, -0.15) is 0 Å². The molecule has 11 heavy (non-hydrogen) atoms. The normalized spacial score (nSPS) is 10.0. The SMILES string of the molecule is C#C[CH]c1cc(C(F)F)co1. The molecule has 0 bridgehead atoms. The molecule has 1 radical (unpaired) electrons. The van der Waals surface area contributed by atoms with Gasteiger partial charge in [0.2, 0.25) is 0 Å². The molecule has 0 N–H and O–H groups in total. The predicted octanol–water partition coefficient (Wildman–Crippen LogP) is 2.40. The lowest BCUT2D eigenvalue weighted by atomic mass is 10.3. The molecule has 0 saturated carbocycles. The number of alkyl halides is 2. The van der Waals surface area contributed by atoms with E-state index in [0.717, 1.165) is 6.26 Å². The maximum atomic E-state index is 11.9. The number of hydrogen-bond donors (Lipinski definition) is 0. The van der Waals surface area contributed by atoms with Crippen molar-refractivity contribution in [3.63, 3.8) is 0 Å². The Labute approximate surface area is 63.0 Å². The fourth-order valence-electron chi connectivity index (χ4n) is 0.641. The van der Waals surface area contributed by atoms with Crippen molar-refractivity contribution in [3.8, 4) is 12.3 Å². The first kappa shape index (κ1) is 7.80. The van der Waals surface area contributed by atoms with E-state index in [4.69, 9.17) is 6.42 Å². The first-order chi connectivity index (χ1) is 5.24. The Kier molecular flexibility index (Phi) is 2.27. The lowest BCUT2D eigenvalue weighted by Gasteiger charge is -1.87. The van der Waals surface area contributed by atoms with Gasteiger partial charge in [0.15, 0.2) is 0 Å². The van der Waals surface area contributed by atoms with Crippen LogP contribution in [0.2, 0.25) is 0 Å². The highest BCUT2D eigenvalue weighted by atomic mass is 19.3. The summed E-state index contributed by atoms with van der Waals surface area (Å²) in [6.45, 7) is 0. The molecule has 0 aromatic carbocycles. The zero-order valence-corrected chi connectivity index (χ0v) is 5.55. The average Bonchev–Trinajstić information content (AvgIpc) is 2.37. The third kappa shape index (κ3) is 1.81. The van der Waals surface area contributed by atoms with E-state index < -0.39 is 6.43 Å². The second-order valence-corrected chi connectivity index (χ2v) is 1.89. The molecular weight excluding hydrogens is 150 g/mol. The van der Waals surface area contributed by atoms with E-state index in [9.17, 15) is 8.78 Å². The number of rotatable bonds is 2. The molecule has 0 aliphatic carbocycles. The minimum atomic E-state index is -2.50. The number of terminal acetylenes is 1. The van der Waals surface area contributed by atoms with Crippen LogP contribution in [0.25, 0.3) is 0 Å². The Morgan fingerprint density at radius 1 is 1.64 bits per heavy atom. The zero-order chi connectivity index (χ0) is 8.27. The lowest BCUT2D eigenvalue weighted by Crippen LogP contribution is -1.76. The van der Waals surface area contributed by atoms with E-state index in [2.05, 4.69) is 10.3 Å². The van der Waals surface area contributed by atoms with E-state index in [0.29, 0.717) is 0 Å². The molecular formula is C8H5F2O. The molecule has 1 nitrogen and oxygen atoms in total. The Bertz CT molecular complexity index is 270. The topological polar surface area (TPSA) is 13.1 Å². The van der Waals surface area contributed by atoms with Gasteiger partial charge in [0.25, 0.3) is 6.43 Å². The fraction of sp³-hybridized carbons (Fsp3) is 0.125. The van der Waals surface area contributed by atoms with Gasteiger partial charge in [-0.05, 0) is 6.07 Å². The Morgan fingerprint density at radius 3 is 2.82 bits per heavy atom. The molecule has 0 fully saturated rings. The molecule has 1 rings (SSSR count). The summed E-state index contributed by atoms with van der Waals surface area (Å²) < 4.78 is 28.5. The molecule has 57 valence electrons. The monoisotopic (exact) mass is 155 g/mol. The lowest BCUT2D eigenvalue weighted by molar-refractivity contribution is 0.150. The van der Waals surface area contributed by atoms with Crippen molar-refractivity contribution in [3.05, 3.63) is 30.1 Å². The molecule has 0 aliphatic rings. The summed E-state index contributed by atoms with van der Waals surface area (Å²) in [5.41, 5.74) is -0.147. The van der Waals surface area contributed by atoms with Gasteiger partial charge < -0.3 is 4.42 Å². The summed E-state index contributed by atoms with van der Waals surface area (Å²) in [5, 5.41) is 0. The second-order valence-electron chi connectivity index (χ2n) is 1.89. The largest absolute Gasteiger partial charge is 0.467 e. The molecule has 1 aromatic heterocycles. The molecule has 0 spiro atoms. The van der Waals surface area contributed by atoms with Gasteiger partial charge in [-0.25, -0.2) is 8.78 Å². The average molecular weight is 155 g/mol. The van der Waals surface area contributed by atoms with Crippen molar-refractivity contribution in [2.24, 2.45) is 0 Å². The summed E-state index contributed by atoms with van der Waals surface area (Å²) in [5.74, 6) is 2.45. The van der Waals surface area contributed by atoms with Crippen molar-refractivity contribution >= 4 is 0 Å². The van der Waals surface area contributed by atoms with Crippen LogP contribution in [0, 0.1) is 18.8 Å². The van der Waals surface area contributed by atoms with E-state index in [-0.39, 0.29) is 11.3 Å². The van der Waals surface area contributed by atoms with Gasteiger partial charge >= 0.3 is 0 Å². The van der Waals surface area contributed by atoms with Crippen LogP contribution in [0.5, 0.6) is 0 Å². The van der Waals surface area contributed by atoms with E-state index in [1.54, 1.807) is 0 Å². The van der Waals surface area contributed by atoms with Crippen molar-refractivity contribution in [1.82, 2.24) is 0 Å². The van der Waals surface area contributed by atoms with Crippen LogP contribution in [0.4, 0.5) is 8.78 Å².